The molecule has 2 N–H and O–H groups in total. The minimum absolute atomic E-state index is 0.224. The molecule has 1 heterocycles. The average Bonchev–Trinajstić information content (AvgIpc) is 2.56. The molecule has 130 valence electrons. The summed E-state index contributed by atoms with van der Waals surface area (Å²) < 4.78 is 5.36. The van der Waals surface area contributed by atoms with Crippen LogP contribution in [0.3, 0.4) is 0 Å². The van der Waals surface area contributed by atoms with Crippen LogP contribution >= 0.6 is 0 Å². The Morgan fingerprint density at radius 1 is 0.913 bits per heavy atom. The molecule has 0 spiro atoms. The van der Waals surface area contributed by atoms with Gasteiger partial charge >= 0.3 is 0 Å². The number of hydrogen-bond donors (Lipinski definition) is 2. The second kappa shape index (κ2) is 9.78. The zero-order valence-corrected chi connectivity index (χ0v) is 14.4. The summed E-state index contributed by atoms with van der Waals surface area (Å²) in [5.41, 5.74) is 1.93. The highest BCUT2D eigenvalue weighted by atomic mass is 16.5. The van der Waals surface area contributed by atoms with E-state index in [1.807, 2.05) is 6.07 Å². The molecule has 0 saturated carbocycles. The van der Waals surface area contributed by atoms with Crippen LogP contribution in [0.15, 0.2) is 12.1 Å². The van der Waals surface area contributed by atoms with E-state index in [9.17, 15) is 10.2 Å². The van der Waals surface area contributed by atoms with Crippen molar-refractivity contribution in [2.24, 2.45) is 0 Å². The molecule has 1 fully saturated rings. The third kappa shape index (κ3) is 6.04. The number of rotatable bonds is 9. The largest absolute Gasteiger partial charge is 0.508 e. The van der Waals surface area contributed by atoms with Gasteiger partial charge in [0.2, 0.25) is 0 Å². The molecule has 2 rings (SSSR count). The minimum atomic E-state index is 0.224. The van der Waals surface area contributed by atoms with E-state index >= 15 is 0 Å². The van der Waals surface area contributed by atoms with Crippen molar-refractivity contribution in [3.63, 3.8) is 0 Å². The summed E-state index contributed by atoms with van der Waals surface area (Å²) in [4.78, 5) is 2.41. The lowest BCUT2D eigenvalue weighted by Crippen LogP contribution is -2.36. The van der Waals surface area contributed by atoms with Crippen molar-refractivity contribution in [2.75, 3.05) is 32.8 Å². The van der Waals surface area contributed by atoms with Crippen LogP contribution in [0.25, 0.3) is 0 Å². The number of morpholine rings is 1. The van der Waals surface area contributed by atoms with Gasteiger partial charge in [0.25, 0.3) is 0 Å². The Labute approximate surface area is 140 Å². The molecule has 4 heteroatoms. The smallest absolute Gasteiger partial charge is 0.122 e. The maximum Gasteiger partial charge on any atom is 0.122 e. The summed E-state index contributed by atoms with van der Waals surface area (Å²) >= 11 is 0. The topological polar surface area (TPSA) is 52.9 Å². The Kier molecular flexibility index (Phi) is 7.69. The average molecular weight is 321 g/mol. The molecular formula is C19H31NO3. The van der Waals surface area contributed by atoms with Crippen molar-refractivity contribution < 1.29 is 14.9 Å². The molecule has 23 heavy (non-hydrogen) atoms. The fourth-order valence-electron chi connectivity index (χ4n) is 3.13. The van der Waals surface area contributed by atoms with E-state index < -0.39 is 0 Å². The maximum atomic E-state index is 10.1. The Hall–Kier alpha value is -1.26. The van der Waals surface area contributed by atoms with Gasteiger partial charge in [0, 0.05) is 19.2 Å². The highest BCUT2D eigenvalue weighted by Gasteiger charge is 2.12. The third-order valence-electron chi connectivity index (χ3n) is 4.60. The summed E-state index contributed by atoms with van der Waals surface area (Å²) in [5.74, 6) is 0.456. The van der Waals surface area contributed by atoms with E-state index in [-0.39, 0.29) is 11.5 Å². The van der Waals surface area contributed by atoms with Gasteiger partial charge in [0.15, 0.2) is 0 Å². The molecule has 0 aromatic heterocycles. The summed E-state index contributed by atoms with van der Waals surface area (Å²) in [6.45, 7) is 6.90. The number of hydrogen-bond acceptors (Lipinski definition) is 4. The first-order chi connectivity index (χ1) is 11.2. The normalized spacial score (nSPS) is 15.9. The van der Waals surface area contributed by atoms with Crippen LogP contribution in [0.2, 0.25) is 0 Å². The second-order valence-corrected chi connectivity index (χ2v) is 6.48. The van der Waals surface area contributed by atoms with Crippen molar-refractivity contribution in [2.45, 2.75) is 51.9 Å². The zero-order valence-electron chi connectivity index (χ0n) is 14.4. The number of nitrogens with zero attached hydrogens (tertiary/aromatic N) is 1. The van der Waals surface area contributed by atoms with Crippen LogP contribution < -0.4 is 0 Å². The summed E-state index contributed by atoms with van der Waals surface area (Å²) in [5, 5.41) is 20.1. The molecular weight excluding hydrogens is 290 g/mol. The number of benzene rings is 1. The van der Waals surface area contributed by atoms with Gasteiger partial charge in [0.1, 0.15) is 11.5 Å². The van der Waals surface area contributed by atoms with Crippen molar-refractivity contribution in [1.29, 1.82) is 0 Å². The first-order valence-electron chi connectivity index (χ1n) is 9.04. The minimum Gasteiger partial charge on any atom is -0.508 e. The number of phenolic OH excluding ortho intramolecular Hbond substituents is 2. The van der Waals surface area contributed by atoms with Crippen LogP contribution in [0.1, 0.15) is 50.2 Å². The number of phenols is 2. The summed E-state index contributed by atoms with van der Waals surface area (Å²) in [6, 6.07) is 3.51. The maximum absolute atomic E-state index is 10.1. The molecule has 0 aliphatic carbocycles. The lowest BCUT2D eigenvalue weighted by molar-refractivity contribution is 0.0374. The van der Waals surface area contributed by atoms with E-state index in [4.69, 9.17) is 4.74 Å². The molecule has 1 aliphatic rings. The predicted octanol–water partition coefficient (Wildman–Crippen LogP) is 3.49. The highest BCUT2D eigenvalue weighted by Crippen LogP contribution is 2.29. The van der Waals surface area contributed by atoms with E-state index in [0.717, 1.165) is 69.7 Å². The van der Waals surface area contributed by atoms with E-state index in [1.54, 1.807) is 0 Å². The molecule has 1 aliphatic heterocycles. The highest BCUT2D eigenvalue weighted by molar-refractivity contribution is 5.45. The third-order valence-corrected chi connectivity index (χ3v) is 4.60. The summed E-state index contributed by atoms with van der Waals surface area (Å²) in [6.07, 6.45) is 7.52. The van der Waals surface area contributed by atoms with Crippen molar-refractivity contribution in [1.82, 2.24) is 4.90 Å². The van der Waals surface area contributed by atoms with Gasteiger partial charge in [-0.05, 0) is 49.4 Å². The summed E-state index contributed by atoms with van der Waals surface area (Å²) in [7, 11) is 0. The quantitative estimate of drug-likeness (QED) is 0.684. The van der Waals surface area contributed by atoms with Crippen LogP contribution in [-0.4, -0.2) is 48.0 Å². The van der Waals surface area contributed by atoms with Crippen LogP contribution in [0.5, 0.6) is 11.5 Å². The van der Waals surface area contributed by atoms with E-state index in [2.05, 4.69) is 11.8 Å². The van der Waals surface area contributed by atoms with Gasteiger partial charge in [0.05, 0.1) is 13.2 Å². The Morgan fingerprint density at radius 3 is 2.22 bits per heavy atom. The SMILES string of the molecule is CCCCCCc1cc(CCCN2CCOCC2)c(O)cc1O. The molecule has 0 atom stereocenters. The number of aryl methyl sites for hydroxylation is 2. The van der Waals surface area contributed by atoms with Crippen LogP contribution in [0.4, 0.5) is 0 Å². The standard InChI is InChI=1S/C19H31NO3/c1-2-3-4-5-7-16-14-17(19(22)15-18(16)21)8-6-9-20-10-12-23-13-11-20/h14-15,21-22H,2-13H2,1H3. The van der Waals surface area contributed by atoms with Gasteiger partial charge in [-0.3, -0.25) is 4.90 Å². The van der Waals surface area contributed by atoms with Crippen LogP contribution in [0, 0.1) is 0 Å². The first kappa shape index (κ1) is 18.1. The molecule has 1 aromatic carbocycles. The predicted molar refractivity (Wildman–Crippen MR) is 93.2 cm³/mol. The Bertz CT molecular complexity index is 470. The fraction of sp³-hybridized carbons (Fsp3) is 0.684. The molecule has 1 saturated heterocycles. The van der Waals surface area contributed by atoms with Crippen LogP contribution in [-0.2, 0) is 17.6 Å². The van der Waals surface area contributed by atoms with Crippen molar-refractivity contribution >= 4 is 0 Å². The van der Waals surface area contributed by atoms with Gasteiger partial charge in [-0.1, -0.05) is 26.2 Å². The van der Waals surface area contributed by atoms with Gasteiger partial charge in [-0.2, -0.15) is 0 Å². The van der Waals surface area contributed by atoms with Gasteiger partial charge < -0.3 is 14.9 Å². The number of aromatic hydroxyl groups is 2. The van der Waals surface area contributed by atoms with Gasteiger partial charge in [-0.25, -0.2) is 0 Å². The molecule has 4 nitrogen and oxygen atoms in total. The number of ether oxygens (including phenoxy) is 1. The Morgan fingerprint density at radius 2 is 1.57 bits per heavy atom. The first-order valence-corrected chi connectivity index (χ1v) is 9.04. The zero-order chi connectivity index (χ0) is 16.5. The molecule has 0 amide bonds. The monoisotopic (exact) mass is 321 g/mol. The molecule has 1 aromatic rings. The van der Waals surface area contributed by atoms with Gasteiger partial charge in [-0.15, -0.1) is 0 Å². The number of unbranched alkanes of at least 4 members (excludes halogenated alkanes) is 3. The molecule has 0 radical (unpaired) electrons. The lowest BCUT2D eigenvalue weighted by atomic mass is 9.99. The molecule has 0 bridgehead atoms. The van der Waals surface area contributed by atoms with E-state index in [1.165, 1.54) is 25.3 Å². The van der Waals surface area contributed by atoms with Crippen molar-refractivity contribution in [3.05, 3.63) is 23.3 Å². The van der Waals surface area contributed by atoms with E-state index in [0.29, 0.717) is 0 Å². The lowest BCUT2D eigenvalue weighted by Gasteiger charge is -2.26. The van der Waals surface area contributed by atoms with Crippen molar-refractivity contribution in [3.8, 4) is 11.5 Å². The Balaban J connectivity index is 1.84. The molecule has 0 unspecified atom stereocenters. The fourth-order valence-corrected chi connectivity index (χ4v) is 3.13. The second-order valence-electron chi connectivity index (χ2n) is 6.48.